The number of allylic oxidation sites excluding steroid dienone is 1. The van der Waals surface area contributed by atoms with Gasteiger partial charge in [-0.1, -0.05) is 36.4 Å². The minimum absolute atomic E-state index is 0.105. The van der Waals surface area contributed by atoms with Crippen LogP contribution in [0.15, 0.2) is 59.0 Å². The van der Waals surface area contributed by atoms with Gasteiger partial charge >= 0.3 is 0 Å². The van der Waals surface area contributed by atoms with Crippen molar-refractivity contribution in [3.05, 3.63) is 70.8 Å². The third kappa shape index (κ3) is 2.40. The maximum Gasteiger partial charge on any atom is 0.197 e. The molecule has 0 spiro atoms. The van der Waals surface area contributed by atoms with E-state index in [1.165, 1.54) is 18.2 Å². The Hall–Kier alpha value is -2.53. The van der Waals surface area contributed by atoms with Crippen molar-refractivity contribution in [2.24, 2.45) is 0 Å². The van der Waals surface area contributed by atoms with E-state index in [9.17, 15) is 18.0 Å². The molecule has 0 aromatic heterocycles. The number of fused-ring (bicyclic) bond motifs is 1. The molecular formula is C17H12O4S. The highest BCUT2D eigenvalue weighted by atomic mass is 32.2. The van der Waals surface area contributed by atoms with E-state index >= 15 is 0 Å². The predicted molar refractivity (Wildman–Crippen MR) is 82.6 cm³/mol. The van der Waals surface area contributed by atoms with E-state index in [2.05, 4.69) is 0 Å². The molecule has 1 aliphatic rings. The number of sulfone groups is 1. The highest BCUT2D eigenvalue weighted by Gasteiger charge is 2.32. The summed E-state index contributed by atoms with van der Waals surface area (Å²) in [5.41, 5.74) is 1.53. The van der Waals surface area contributed by atoms with E-state index < -0.39 is 9.84 Å². The summed E-state index contributed by atoms with van der Waals surface area (Å²) in [5.74, 6) is -0.597. The second-order valence-electron chi connectivity index (χ2n) is 5.10. The number of Topliss-reactive ketones (excluding diaryl/α,β-unsaturated/α-hetero) is 2. The molecule has 0 amide bonds. The van der Waals surface area contributed by atoms with Crippen LogP contribution in [-0.4, -0.2) is 26.2 Å². The van der Waals surface area contributed by atoms with Crippen LogP contribution in [0.1, 0.15) is 26.3 Å². The number of hydrogen-bond donors (Lipinski definition) is 0. The van der Waals surface area contributed by atoms with Gasteiger partial charge in [0.05, 0.1) is 10.5 Å². The average Bonchev–Trinajstić information content (AvgIpc) is 2.73. The molecule has 110 valence electrons. The van der Waals surface area contributed by atoms with Gasteiger partial charge < -0.3 is 0 Å². The minimum atomic E-state index is -3.27. The monoisotopic (exact) mass is 312 g/mol. The van der Waals surface area contributed by atoms with Crippen LogP contribution in [0.5, 0.6) is 0 Å². The third-order valence-electron chi connectivity index (χ3n) is 3.52. The molecular weight excluding hydrogens is 300 g/mol. The molecule has 0 unspecified atom stereocenters. The first-order valence-electron chi connectivity index (χ1n) is 6.58. The first-order valence-corrected chi connectivity index (χ1v) is 8.47. The summed E-state index contributed by atoms with van der Waals surface area (Å²) in [6.45, 7) is 0. The molecule has 0 bridgehead atoms. The fourth-order valence-corrected chi connectivity index (χ4v) is 3.01. The summed E-state index contributed by atoms with van der Waals surface area (Å²) in [4.78, 5) is 24.7. The summed E-state index contributed by atoms with van der Waals surface area (Å²) in [6.07, 6.45) is 2.62. The van der Waals surface area contributed by atoms with Gasteiger partial charge in [-0.25, -0.2) is 8.42 Å². The van der Waals surface area contributed by atoms with Crippen molar-refractivity contribution in [1.29, 1.82) is 0 Å². The third-order valence-corrected chi connectivity index (χ3v) is 4.65. The minimum Gasteiger partial charge on any atom is -0.288 e. The van der Waals surface area contributed by atoms with Gasteiger partial charge in [-0.05, 0) is 23.8 Å². The van der Waals surface area contributed by atoms with Crippen LogP contribution >= 0.6 is 0 Å². The predicted octanol–water partition coefficient (Wildman–Crippen LogP) is 2.55. The van der Waals surface area contributed by atoms with Gasteiger partial charge in [-0.2, -0.15) is 0 Å². The summed E-state index contributed by atoms with van der Waals surface area (Å²) >= 11 is 0. The number of hydrogen-bond acceptors (Lipinski definition) is 4. The van der Waals surface area contributed by atoms with Crippen molar-refractivity contribution >= 4 is 27.5 Å². The molecule has 5 heteroatoms. The maximum atomic E-state index is 12.3. The van der Waals surface area contributed by atoms with E-state index in [-0.39, 0.29) is 22.0 Å². The molecule has 2 aromatic carbocycles. The van der Waals surface area contributed by atoms with E-state index in [0.717, 1.165) is 6.26 Å². The van der Waals surface area contributed by atoms with E-state index in [4.69, 9.17) is 0 Å². The molecule has 0 atom stereocenters. The van der Waals surface area contributed by atoms with Crippen molar-refractivity contribution < 1.29 is 18.0 Å². The van der Waals surface area contributed by atoms with Crippen LogP contribution in [0, 0.1) is 0 Å². The zero-order valence-electron chi connectivity index (χ0n) is 11.7. The Labute approximate surface area is 128 Å². The van der Waals surface area contributed by atoms with Crippen LogP contribution in [-0.2, 0) is 9.84 Å². The van der Waals surface area contributed by atoms with Gasteiger partial charge in [0.1, 0.15) is 0 Å². The van der Waals surface area contributed by atoms with Crippen molar-refractivity contribution in [1.82, 2.24) is 0 Å². The summed E-state index contributed by atoms with van der Waals surface area (Å²) in [7, 11) is -3.27. The smallest absolute Gasteiger partial charge is 0.197 e. The van der Waals surface area contributed by atoms with E-state index in [0.29, 0.717) is 16.7 Å². The van der Waals surface area contributed by atoms with Crippen molar-refractivity contribution in [3.8, 4) is 0 Å². The summed E-state index contributed by atoms with van der Waals surface area (Å²) in [6, 6.07) is 12.8. The second-order valence-corrected chi connectivity index (χ2v) is 7.12. The molecule has 0 fully saturated rings. The standard InChI is InChI=1S/C17H12O4S/c1-22(20,21)12-8-6-11(7-9-12)10-15-16(18)13-4-2-3-5-14(13)17(15)19/h2-10H,1H3. The molecule has 2 aromatic rings. The van der Waals surface area contributed by atoms with Gasteiger partial charge in [-0.15, -0.1) is 0 Å². The van der Waals surface area contributed by atoms with Crippen molar-refractivity contribution in [2.75, 3.05) is 6.26 Å². The molecule has 1 aliphatic carbocycles. The van der Waals surface area contributed by atoms with Gasteiger partial charge in [0.2, 0.25) is 0 Å². The number of rotatable bonds is 2. The molecule has 0 saturated carbocycles. The molecule has 0 aliphatic heterocycles. The van der Waals surface area contributed by atoms with Crippen LogP contribution in [0.4, 0.5) is 0 Å². The van der Waals surface area contributed by atoms with Gasteiger partial charge in [-0.3, -0.25) is 9.59 Å². The highest BCUT2D eigenvalue weighted by molar-refractivity contribution is 7.90. The largest absolute Gasteiger partial charge is 0.288 e. The zero-order valence-corrected chi connectivity index (χ0v) is 12.6. The molecule has 0 saturated heterocycles. The average molecular weight is 312 g/mol. The number of carbonyl (C=O) groups excluding carboxylic acids is 2. The second kappa shape index (κ2) is 5.03. The van der Waals surface area contributed by atoms with Crippen LogP contribution < -0.4 is 0 Å². The lowest BCUT2D eigenvalue weighted by Crippen LogP contribution is -2.00. The van der Waals surface area contributed by atoms with Crippen LogP contribution in [0.3, 0.4) is 0 Å². The molecule has 0 heterocycles. The van der Waals surface area contributed by atoms with E-state index in [1.807, 2.05) is 0 Å². The summed E-state index contributed by atoms with van der Waals surface area (Å²) < 4.78 is 22.8. The first kappa shape index (κ1) is 14.4. The molecule has 0 radical (unpaired) electrons. The van der Waals surface area contributed by atoms with Gasteiger partial charge in [0.25, 0.3) is 0 Å². The molecule has 4 nitrogen and oxygen atoms in total. The lowest BCUT2D eigenvalue weighted by Gasteiger charge is -2.00. The van der Waals surface area contributed by atoms with Crippen molar-refractivity contribution in [2.45, 2.75) is 4.90 Å². The molecule has 22 heavy (non-hydrogen) atoms. The zero-order chi connectivity index (χ0) is 15.9. The normalized spacial score (nSPS) is 14.1. The Bertz CT molecular complexity index is 882. The Balaban J connectivity index is 2.01. The van der Waals surface area contributed by atoms with Crippen LogP contribution in [0.2, 0.25) is 0 Å². The first-order chi connectivity index (χ1) is 10.4. The number of benzene rings is 2. The SMILES string of the molecule is CS(=O)(=O)c1ccc(C=C2C(=O)c3ccccc3C2=O)cc1. The highest BCUT2D eigenvalue weighted by Crippen LogP contribution is 2.27. The molecule has 3 rings (SSSR count). The maximum absolute atomic E-state index is 12.3. The van der Waals surface area contributed by atoms with Crippen LogP contribution in [0.25, 0.3) is 6.08 Å². The summed E-state index contributed by atoms with van der Waals surface area (Å²) in [5, 5.41) is 0. The van der Waals surface area contributed by atoms with Gasteiger partial charge in [0.15, 0.2) is 21.4 Å². The Morgan fingerprint density at radius 1 is 0.818 bits per heavy atom. The van der Waals surface area contributed by atoms with Gasteiger partial charge in [0, 0.05) is 17.4 Å². The number of carbonyl (C=O) groups is 2. The molecule has 0 N–H and O–H groups in total. The fraction of sp³-hybridized carbons (Fsp3) is 0.0588. The topological polar surface area (TPSA) is 68.3 Å². The van der Waals surface area contributed by atoms with E-state index in [1.54, 1.807) is 36.4 Å². The Morgan fingerprint density at radius 3 is 1.77 bits per heavy atom. The lowest BCUT2D eigenvalue weighted by atomic mass is 10.1. The number of ketones is 2. The quantitative estimate of drug-likeness (QED) is 0.631. The van der Waals surface area contributed by atoms with Crippen molar-refractivity contribution in [3.63, 3.8) is 0 Å². The fourth-order valence-electron chi connectivity index (χ4n) is 2.38. The Kier molecular flexibility index (Phi) is 3.30. The Morgan fingerprint density at radius 2 is 1.32 bits per heavy atom. The lowest BCUT2D eigenvalue weighted by molar-refractivity contribution is 0.0990.